The Morgan fingerprint density at radius 2 is 1.82 bits per heavy atom. The van der Waals surface area contributed by atoms with Crippen molar-refractivity contribution in [3.05, 3.63) is 70.7 Å². The number of halogens is 4. The van der Waals surface area contributed by atoms with Crippen LogP contribution in [0.5, 0.6) is 0 Å². The van der Waals surface area contributed by atoms with Crippen molar-refractivity contribution in [2.75, 3.05) is 5.32 Å². The molecule has 2 amide bonds. The number of fused-ring (bicyclic) bond motifs is 2. The van der Waals surface area contributed by atoms with Crippen LogP contribution in [0, 0.1) is 5.82 Å². The normalized spacial score (nSPS) is 22.1. The van der Waals surface area contributed by atoms with Crippen LogP contribution in [0.1, 0.15) is 65.3 Å². The van der Waals surface area contributed by atoms with Crippen LogP contribution in [0.3, 0.4) is 0 Å². The maximum Gasteiger partial charge on any atom is 0.417 e. The summed E-state index contributed by atoms with van der Waals surface area (Å²) in [5.74, 6) is -1.44. The lowest BCUT2D eigenvalue weighted by Gasteiger charge is -2.54. The number of benzene rings is 2. The molecule has 0 radical (unpaired) electrons. The summed E-state index contributed by atoms with van der Waals surface area (Å²) in [7, 11) is 0. The summed E-state index contributed by atoms with van der Waals surface area (Å²) in [4.78, 5) is 25.5. The second-order valence-corrected chi connectivity index (χ2v) is 10.5. The number of hydrogen-bond donors (Lipinski definition) is 2. The second-order valence-electron chi connectivity index (χ2n) is 10.5. The maximum atomic E-state index is 14.3. The van der Waals surface area contributed by atoms with Crippen molar-refractivity contribution in [1.29, 1.82) is 0 Å². The number of carboxylic acid groups (broad SMARTS) is 1. The van der Waals surface area contributed by atoms with Crippen molar-refractivity contribution in [2.45, 2.75) is 69.0 Å². The van der Waals surface area contributed by atoms with Crippen LogP contribution < -0.4 is 5.32 Å². The molecule has 2 unspecified atom stereocenters. The topological polar surface area (TPSA) is 105 Å². The van der Waals surface area contributed by atoms with Gasteiger partial charge in [0.2, 0.25) is 0 Å². The standard InChI is InChI=1S/C28H25F4N3O5/c29-22-9-15(26(36)37)7-8-23(22)33-27(38)35-16-10-17(35)12-18(11-16)39-13-20-24(34-40-25(20)14-5-6-14)19-3-1-2-4-21(19)28(30,31)32/h1-4,7-9,14,16-18H,5-6,10-13H2,(H,33,38)(H,36,37). The van der Waals surface area contributed by atoms with E-state index in [0.29, 0.717) is 24.2 Å². The Bertz CT molecular complexity index is 1460. The van der Waals surface area contributed by atoms with Gasteiger partial charge in [0.05, 0.1) is 29.5 Å². The maximum absolute atomic E-state index is 14.3. The highest BCUT2D eigenvalue weighted by atomic mass is 19.4. The van der Waals surface area contributed by atoms with Gasteiger partial charge in [-0.05, 0) is 56.4 Å². The van der Waals surface area contributed by atoms with Crippen molar-refractivity contribution in [2.24, 2.45) is 0 Å². The number of aromatic carboxylic acids is 1. The number of carbonyl (C=O) groups excluding carboxylic acids is 1. The van der Waals surface area contributed by atoms with Crippen molar-refractivity contribution in [3.63, 3.8) is 0 Å². The number of piperidine rings is 1. The number of carboxylic acids is 1. The van der Waals surface area contributed by atoms with Crippen LogP contribution in [0.25, 0.3) is 11.3 Å². The first kappa shape index (κ1) is 26.3. The zero-order valence-corrected chi connectivity index (χ0v) is 21.1. The highest BCUT2D eigenvalue weighted by molar-refractivity contribution is 5.92. The fraction of sp³-hybridized carbons (Fsp3) is 0.393. The molecule has 2 saturated carbocycles. The Morgan fingerprint density at radius 3 is 2.48 bits per heavy atom. The first-order valence-corrected chi connectivity index (χ1v) is 13.0. The Labute approximate surface area is 225 Å². The summed E-state index contributed by atoms with van der Waals surface area (Å²) in [6.07, 6.45) is -1.24. The fourth-order valence-corrected chi connectivity index (χ4v) is 5.70. The molecule has 8 nitrogen and oxygen atoms in total. The number of amides is 2. The fourth-order valence-electron chi connectivity index (χ4n) is 5.70. The molecule has 2 N–H and O–H groups in total. The van der Waals surface area contributed by atoms with Crippen molar-refractivity contribution < 1.29 is 41.5 Å². The lowest BCUT2D eigenvalue weighted by molar-refractivity contribution is -0.137. The van der Waals surface area contributed by atoms with Gasteiger partial charge in [0, 0.05) is 29.1 Å². The van der Waals surface area contributed by atoms with E-state index in [1.165, 1.54) is 30.3 Å². The van der Waals surface area contributed by atoms with Crippen LogP contribution in [0.15, 0.2) is 47.0 Å². The number of carbonyl (C=O) groups is 2. The lowest BCUT2D eigenvalue weighted by atomic mass is 9.78. The summed E-state index contributed by atoms with van der Waals surface area (Å²) in [5.41, 5.74) is -0.525. The molecule has 0 spiro atoms. The summed E-state index contributed by atoms with van der Waals surface area (Å²) in [6.45, 7) is 0.0360. The predicted octanol–water partition coefficient (Wildman–Crippen LogP) is 6.43. The van der Waals surface area contributed by atoms with Gasteiger partial charge in [0.15, 0.2) is 0 Å². The van der Waals surface area contributed by atoms with Crippen molar-refractivity contribution >= 4 is 17.7 Å². The van der Waals surface area contributed by atoms with Crippen molar-refractivity contribution in [3.8, 4) is 11.3 Å². The highest BCUT2D eigenvalue weighted by Crippen LogP contribution is 2.46. The minimum absolute atomic E-state index is 0.0360. The van der Waals surface area contributed by atoms with Gasteiger partial charge in [-0.1, -0.05) is 23.4 Å². The van der Waals surface area contributed by atoms with Gasteiger partial charge >= 0.3 is 18.2 Å². The molecule has 2 aliphatic carbocycles. The van der Waals surface area contributed by atoms with E-state index >= 15 is 0 Å². The molecule has 1 aromatic heterocycles. The van der Waals surface area contributed by atoms with E-state index in [0.717, 1.165) is 31.4 Å². The van der Waals surface area contributed by atoms with Gasteiger partial charge in [-0.3, -0.25) is 0 Å². The van der Waals surface area contributed by atoms with Gasteiger partial charge < -0.3 is 24.6 Å². The number of urea groups is 1. The molecule has 2 bridgehead atoms. The number of hydrogen-bond acceptors (Lipinski definition) is 5. The minimum Gasteiger partial charge on any atom is -0.478 e. The van der Waals surface area contributed by atoms with Crippen LogP contribution in [-0.2, 0) is 17.5 Å². The second kappa shape index (κ2) is 9.92. The molecule has 4 aliphatic rings. The number of aromatic nitrogens is 1. The first-order valence-electron chi connectivity index (χ1n) is 13.0. The molecule has 2 aliphatic heterocycles. The van der Waals surface area contributed by atoms with Gasteiger partial charge in [-0.15, -0.1) is 0 Å². The summed E-state index contributed by atoms with van der Waals surface area (Å²) in [6, 6.07) is 7.77. The monoisotopic (exact) mass is 559 g/mol. The van der Waals surface area contributed by atoms with E-state index in [1.807, 2.05) is 0 Å². The van der Waals surface area contributed by atoms with E-state index < -0.39 is 29.6 Å². The minimum atomic E-state index is -4.55. The number of nitrogens with zero attached hydrogens (tertiary/aromatic N) is 2. The van der Waals surface area contributed by atoms with Gasteiger partial charge in [-0.25, -0.2) is 14.0 Å². The molecular weight excluding hydrogens is 534 g/mol. The van der Waals surface area contributed by atoms with E-state index in [-0.39, 0.29) is 53.2 Å². The number of nitrogens with one attached hydrogen (secondary N) is 1. The molecule has 7 rings (SSSR count). The molecule has 2 saturated heterocycles. The molecule has 4 fully saturated rings. The van der Waals surface area contributed by atoms with Crippen LogP contribution in [0.4, 0.5) is 28.0 Å². The van der Waals surface area contributed by atoms with E-state index in [9.17, 15) is 27.2 Å². The molecule has 210 valence electrons. The molecular formula is C28H25F4N3O5. The molecule has 12 heteroatoms. The SMILES string of the molecule is O=C(O)c1ccc(NC(=O)N2C3CC(OCc4c(-c5ccccc5C(F)(F)F)noc4C4CC4)CC2C3)c(F)c1. The van der Waals surface area contributed by atoms with E-state index in [2.05, 4.69) is 10.5 Å². The number of anilines is 1. The molecule has 3 heterocycles. The molecule has 40 heavy (non-hydrogen) atoms. The number of alkyl halides is 3. The smallest absolute Gasteiger partial charge is 0.417 e. The van der Waals surface area contributed by atoms with Crippen molar-refractivity contribution in [1.82, 2.24) is 10.1 Å². The third-order valence-electron chi connectivity index (χ3n) is 7.81. The number of rotatable bonds is 7. The molecule has 2 aromatic carbocycles. The van der Waals surface area contributed by atoms with Crippen LogP contribution in [0.2, 0.25) is 0 Å². The highest BCUT2D eigenvalue weighted by Gasteiger charge is 2.48. The predicted molar refractivity (Wildman–Crippen MR) is 133 cm³/mol. The summed E-state index contributed by atoms with van der Waals surface area (Å²) < 4.78 is 67.1. The third-order valence-corrected chi connectivity index (χ3v) is 7.81. The molecule has 2 atom stereocenters. The first-order chi connectivity index (χ1) is 19.1. The van der Waals surface area contributed by atoms with Gasteiger partial charge in [0.1, 0.15) is 17.3 Å². The third kappa shape index (κ3) is 4.91. The summed E-state index contributed by atoms with van der Waals surface area (Å²) >= 11 is 0. The number of ether oxygens (including phenoxy) is 1. The zero-order chi connectivity index (χ0) is 28.2. The van der Waals surface area contributed by atoms with E-state index in [4.69, 9.17) is 14.4 Å². The van der Waals surface area contributed by atoms with E-state index in [1.54, 1.807) is 4.90 Å². The van der Waals surface area contributed by atoms with Crippen LogP contribution >= 0.6 is 0 Å². The lowest BCUT2D eigenvalue weighted by Crippen LogP contribution is -2.65. The Kier molecular flexibility index (Phi) is 6.52. The molecule has 3 aromatic rings. The Morgan fingerprint density at radius 1 is 1.10 bits per heavy atom. The summed E-state index contributed by atoms with van der Waals surface area (Å²) in [5, 5.41) is 15.5. The van der Waals surface area contributed by atoms with Gasteiger partial charge in [-0.2, -0.15) is 13.2 Å². The average molecular weight is 560 g/mol. The van der Waals surface area contributed by atoms with Crippen LogP contribution in [-0.4, -0.2) is 45.4 Å². The average Bonchev–Trinajstić information content (AvgIpc) is 3.67. The van der Waals surface area contributed by atoms with Gasteiger partial charge in [0.25, 0.3) is 0 Å². The Hall–Kier alpha value is -3.93. The quantitative estimate of drug-likeness (QED) is 0.324. The Balaban J connectivity index is 1.13. The zero-order valence-electron chi connectivity index (χ0n) is 21.1. The largest absolute Gasteiger partial charge is 0.478 e.